The lowest BCUT2D eigenvalue weighted by Gasteiger charge is -2.37. The molecule has 2 saturated heterocycles. The van der Waals surface area contributed by atoms with Gasteiger partial charge < -0.3 is 0 Å². The number of amides is 3. The van der Waals surface area contributed by atoms with Crippen LogP contribution in [0.3, 0.4) is 0 Å². The summed E-state index contributed by atoms with van der Waals surface area (Å²) in [5, 5.41) is 4.96. The number of rotatable bonds is 21. The molecule has 2 fully saturated rings. The van der Waals surface area contributed by atoms with Crippen molar-refractivity contribution in [1.82, 2.24) is 10.4 Å². The molecule has 1 atom stereocenters. The second-order valence-corrected chi connectivity index (χ2v) is 14.7. The average Bonchev–Trinajstić information content (AvgIpc) is 3.58. The van der Waals surface area contributed by atoms with Gasteiger partial charge in [-0.3, -0.25) is 19.4 Å². The molecule has 1 unspecified atom stereocenters. The normalized spacial score (nSPS) is 16.5. The van der Waals surface area contributed by atoms with Crippen molar-refractivity contribution >= 4 is 75.5 Å². The summed E-state index contributed by atoms with van der Waals surface area (Å²) in [6.45, 7) is 2.27. The maximum absolute atomic E-state index is 13.3. The SMILES string of the molecule is CCCCCCCCCCCCCCCCCCc1ccc(Cl)c(N(C2CC(=O)N(c3c(Cl)cc(Cl)cc3Cl)N2)N2C(=O)CCC2=O)c1. The molecule has 3 amide bonds. The first-order valence-electron chi connectivity index (χ1n) is 17.9. The van der Waals surface area contributed by atoms with Crippen LogP contribution in [0.4, 0.5) is 11.4 Å². The van der Waals surface area contributed by atoms with Crippen molar-refractivity contribution in [3.05, 3.63) is 56.0 Å². The van der Waals surface area contributed by atoms with Crippen LogP contribution in [0.25, 0.3) is 0 Å². The number of hydrogen-bond acceptors (Lipinski definition) is 5. The summed E-state index contributed by atoms with van der Waals surface area (Å²) < 4.78 is 0. The van der Waals surface area contributed by atoms with Crippen LogP contribution >= 0.6 is 46.4 Å². The Hall–Kier alpha value is -2.03. The van der Waals surface area contributed by atoms with Crippen LogP contribution in [0.5, 0.6) is 0 Å². The molecule has 0 saturated carbocycles. The fourth-order valence-corrected chi connectivity index (χ4v) is 7.78. The van der Waals surface area contributed by atoms with Gasteiger partial charge in [0.05, 0.1) is 32.9 Å². The van der Waals surface area contributed by atoms with Crippen LogP contribution in [0, 0.1) is 0 Å². The molecule has 0 radical (unpaired) electrons. The molecule has 4 rings (SSSR count). The molecule has 0 aromatic heterocycles. The molecular weight excluding hydrogens is 690 g/mol. The molecule has 264 valence electrons. The van der Waals surface area contributed by atoms with Gasteiger partial charge in [0.25, 0.3) is 0 Å². The van der Waals surface area contributed by atoms with Crippen LogP contribution in [0.2, 0.25) is 20.1 Å². The van der Waals surface area contributed by atoms with Gasteiger partial charge in [-0.2, -0.15) is 5.01 Å². The Balaban J connectivity index is 1.29. The second-order valence-electron chi connectivity index (χ2n) is 13.1. The van der Waals surface area contributed by atoms with Crippen molar-refractivity contribution in [2.45, 2.75) is 142 Å². The molecule has 48 heavy (non-hydrogen) atoms. The molecule has 2 aliphatic rings. The summed E-state index contributed by atoms with van der Waals surface area (Å²) in [5.74, 6) is -1.04. The molecule has 0 spiro atoms. The fourth-order valence-electron chi connectivity index (χ4n) is 6.59. The van der Waals surface area contributed by atoms with Crippen LogP contribution in [-0.2, 0) is 20.8 Å². The number of carbonyl (C=O) groups excluding carboxylic acids is 3. The number of hydrazine groups is 2. The minimum absolute atomic E-state index is 0.0635. The van der Waals surface area contributed by atoms with Gasteiger partial charge in [-0.05, 0) is 42.7 Å². The number of carbonyl (C=O) groups is 3. The van der Waals surface area contributed by atoms with E-state index in [1.165, 1.54) is 112 Å². The number of benzene rings is 2. The maximum Gasteiger partial charge on any atom is 0.248 e. The van der Waals surface area contributed by atoms with Gasteiger partial charge in [-0.15, -0.1) is 0 Å². The lowest BCUT2D eigenvalue weighted by Crippen LogP contribution is -2.57. The Morgan fingerprint density at radius 2 is 1.17 bits per heavy atom. The molecule has 11 heteroatoms. The largest absolute Gasteiger partial charge is 0.273 e. The van der Waals surface area contributed by atoms with Crippen molar-refractivity contribution in [2.24, 2.45) is 0 Å². The first-order valence-corrected chi connectivity index (χ1v) is 19.4. The molecule has 2 aromatic rings. The van der Waals surface area contributed by atoms with Crippen molar-refractivity contribution in [3.63, 3.8) is 0 Å². The Morgan fingerprint density at radius 1 is 0.667 bits per heavy atom. The maximum atomic E-state index is 13.3. The third-order valence-electron chi connectivity index (χ3n) is 9.21. The number of anilines is 2. The van der Waals surface area contributed by atoms with Crippen molar-refractivity contribution < 1.29 is 14.4 Å². The highest BCUT2D eigenvalue weighted by molar-refractivity contribution is 6.42. The number of imide groups is 1. The molecule has 0 aliphatic carbocycles. The first kappa shape index (κ1) is 38.8. The van der Waals surface area contributed by atoms with E-state index < -0.39 is 6.17 Å². The molecule has 2 heterocycles. The number of nitrogens with one attached hydrogen (secondary N) is 1. The van der Waals surface area contributed by atoms with E-state index in [-0.39, 0.29) is 52.7 Å². The molecular formula is C37H50Cl4N4O3. The lowest BCUT2D eigenvalue weighted by atomic mass is 10.0. The van der Waals surface area contributed by atoms with E-state index in [4.69, 9.17) is 46.4 Å². The first-order chi connectivity index (χ1) is 23.2. The van der Waals surface area contributed by atoms with Gasteiger partial charge in [-0.25, -0.2) is 10.4 Å². The summed E-state index contributed by atoms with van der Waals surface area (Å²) in [4.78, 5) is 39.3. The molecule has 0 bridgehead atoms. The predicted octanol–water partition coefficient (Wildman–Crippen LogP) is 11.2. The van der Waals surface area contributed by atoms with Gasteiger partial charge in [0.1, 0.15) is 6.17 Å². The van der Waals surface area contributed by atoms with E-state index in [1.54, 1.807) is 6.07 Å². The van der Waals surface area contributed by atoms with Gasteiger partial charge in [-0.1, -0.05) is 156 Å². The van der Waals surface area contributed by atoms with Crippen LogP contribution in [0.15, 0.2) is 30.3 Å². The van der Waals surface area contributed by atoms with Crippen LogP contribution in [-0.4, -0.2) is 28.9 Å². The van der Waals surface area contributed by atoms with E-state index in [2.05, 4.69) is 12.3 Å². The third kappa shape index (κ3) is 11.0. The van der Waals surface area contributed by atoms with E-state index in [0.29, 0.717) is 15.7 Å². The quantitative estimate of drug-likeness (QED) is 0.102. The molecule has 7 nitrogen and oxygen atoms in total. The summed E-state index contributed by atoms with van der Waals surface area (Å²) >= 11 is 25.7. The molecule has 1 N–H and O–H groups in total. The summed E-state index contributed by atoms with van der Waals surface area (Å²) in [6.07, 6.45) is 21.2. The van der Waals surface area contributed by atoms with Crippen molar-refractivity contribution in [1.29, 1.82) is 0 Å². The predicted molar refractivity (Wildman–Crippen MR) is 199 cm³/mol. The zero-order valence-electron chi connectivity index (χ0n) is 28.2. The lowest BCUT2D eigenvalue weighted by molar-refractivity contribution is -0.140. The number of aryl methyl sites for hydroxylation is 1. The highest BCUT2D eigenvalue weighted by Crippen LogP contribution is 2.40. The number of hydrogen-bond donors (Lipinski definition) is 1. The smallest absolute Gasteiger partial charge is 0.248 e. The summed E-state index contributed by atoms with van der Waals surface area (Å²) in [7, 11) is 0. The number of nitrogens with zero attached hydrogens (tertiary/aromatic N) is 3. The topological polar surface area (TPSA) is 73.0 Å². The second kappa shape index (κ2) is 20.0. The Kier molecular flexibility index (Phi) is 16.1. The van der Waals surface area contributed by atoms with Crippen LogP contribution in [0.1, 0.15) is 134 Å². The van der Waals surface area contributed by atoms with E-state index in [1.807, 2.05) is 12.1 Å². The van der Waals surface area contributed by atoms with Crippen molar-refractivity contribution in [2.75, 3.05) is 10.0 Å². The minimum Gasteiger partial charge on any atom is -0.273 e. The standard InChI is InChI=1S/C37H50Cl4N4O3/c1-2-3-4-5-6-7-8-9-10-11-12-13-14-15-16-17-18-27-19-20-29(39)32(23-27)44(45-34(46)21-22-35(45)47)33-26-36(48)43(42-33)37-30(40)24-28(38)25-31(37)41/h19-20,23-25,33,42H,2-18,21-22,26H2,1H3. The zero-order valence-corrected chi connectivity index (χ0v) is 31.2. The highest BCUT2D eigenvalue weighted by Gasteiger charge is 2.44. The van der Waals surface area contributed by atoms with Crippen molar-refractivity contribution in [3.8, 4) is 0 Å². The third-order valence-corrected chi connectivity index (χ3v) is 10.3. The Bertz CT molecular complexity index is 1350. The number of halogens is 4. The molecule has 2 aliphatic heterocycles. The van der Waals surface area contributed by atoms with Gasteiger partial charge in [0.2, 0.25) is 17.7 Å². The van der Waals surface area contributed by atoms with Gasteiger partial charge >= 0.3 is 0 Å². The number of unbranched alkanes of at least 4 members (excludes halogenated alkanes) is 15. The van der Waals surface area contributed by atoms with Gasteiger partial charge in [0.15, 0.2) is 0 Å². The van der Waals surface area contributed by atoms with Crippen LogP contribution < -0.4 is 15.4 Å². The highest BCUT2D eigenvalue weighted by atomic mass is 35.5. The summed E-state index contributed by atoms with van der Waals surface area (Å²) in [5.41, 5.74) is 4.89. The zero-order chi connectivity index (χ0) is 34.5. The monoisotopic (exact) mass is 738 g/mol. The Morgan fingerprint density at radius 3 is 1.69 bits per heavy atom. The summed E-state index contributed by atoms with van der Waals surface area (Å²) in [6, 6.07) is 8.69. The van der Waals surface area contributed by atoms with Gasteiger partial charge in [0, 0.05) is 17.9 Å². The van der Waals surface area contributed by atoms with E-state index in [0.717, 1.165) is 29.8 Å². The van der Waals surface area contributed by atoms with E-state index in [9.17, 15) is 14.4 Å². The average molecular weight is 741 g/mol. The molecule has 2 aromatic carbocycles. The Labute approximate surface area is 306 Å². The minimum atomic E-state index is -0.797. The fraction of sp³-hybridized carbons (Fsp3) is 0.595. The van der Waals surface area contributed by atoms with E-state index >= 15 is 0 Å².